The van der Waals surface area contributed by atoms with Gasteiger partial charge in [-0.05, 0) is 31.7 Å². The second-order valence-corrected chi connectivity index (χ2v) is 6.33. The molecule has 1 rings (SSSR count). The lowest BCUT2D eigenvalue weighted by molar-refractivity contribution is 0.275. The van der Waals surface area contributed by atoms with E-state index in [1.807, 2.05) is 13.8 Å². The first-order valence-electron chi connectivity index (χ1n) is 6.10. The average molecular weight is 274 g/mol. The van der Waals surface area contributed by atoms with Crippen LogP contribution in [0, 0.1) is 12.3 Å². The Kier molecular flexibility index (Phi) is 4.89. The number of hydrogen-bond donors (Lipinski definition) is 3. The van der Waals surface area contributed by atoms with Crippen molar-refractivity contribution >= 4 is 10.0 Å². The quantitative estimate of drug-likeness (QED) is 0.683. The highest BCUT2D eigenvalue weighted by Gasteiger charge is 2.28. The molecule has 0 aromatic carbocycles. The lowest BCUT2D eigenvalue weighted by atomic mass is 9.83. The van der Waals surface area contributed by atoms with E-state index in [4.69, 9.17) is 5.73 Å². The number of sulfonamides is 1. The van der Waals surface area contributed by atoms with Crippen LogP contribution in [0.5, 0.6) is 0 Å². The van der Waals surface area contributed by atoms with Crippen molar-refractivity contribution in [3.8, 4) is 0 Å². The van der Waals surface area contributed by atoms with Crippen molar-refractivity contribution in [2.24, 2.45) is 11.1 Å². The van der Waals surface area contributed by atoms with Crippen LogP contribution in [0.4, 0.5) is 0 Å². The molecule has 0 unspecified atom stereocenters. The van der Waals surface area contributed by atoms with Crippen LogP contribution in [0.3, 0.4) is 0 Å². The first-order chi connectivity index (χ1) is 8.40. The molecule has 6 nitrogen and oxygen atoms in total. The Bertz CT molecular complexity index is 469. The molecule has 0 aliphatic heterocycles. The van der Waals surface area contributed by atoms with Crippen LogP contribution < -0.4 is 10.5 Å². The van der Waals surface area contributed by atoms with Gasteiger partial charge in [0.15, 0.2) is 0 Å². The molecule has 104 valence electrons. The van der Waals surface area contributed by atoms with E-state index >= 15 is 0 Å². The van der Waals surface area contributed by atoms with Gasteiger partial charge >= 0.3 is 0 Å². The first-order valence-corrected chi connectivity index (χ1v) is 7.59. The number of aryl methyl sites for hydroxylation is 1. The van der Waals surface area contributed by atoms with E-state index in [1.165, 1.54) is 6.20 Å². The number of H-pyrrole nitrogens is 1. The van der Waals surface area contributed by atoms with Crippen molar-refractivity contribution in [1.29, 1.82) is 0 Å². The van der Waals surface area contributed by atoms with Crippen molar-refractivity contribution in [3.05, 3.63) is 11.9 Å². The van der Waals surface area contributed by atoms with Crippen LogP contribution in [0.1, 0.15) is 32.4 Å². The zero-order valence-corrected chi connectivity index (χ0v) is 12.0. The second-order valence-electron chi connectivity index (χ2n) is 4.60. The standard InChI is InChI=1S/C11H22N4O2S/c1-4-11(5-2,7-12)8-14-18(16,17)10-6-13-15-9(10)3/h6,14H,4-5,7-8,12H2,1-3H3,(H,13,15). The number of hydrogen-bond acceptors (Lipinski definition) is 4. The van der Waals surface area contributed by atoms with Gasteiger partial charge in [-0.1, -0.05) is 13.8 Å². The number of aromatic amines is 1. The van der Waals surface area contributed by atoms with Crippen molar-refractivity contribution in [1.82, 2.24) is 14.9 Å². The third kappa shape index (κ3) is 3.09. The fourth-order valence-electron chi connectivity index (χ4n) is 1.80. The molecule has 0 aliphatic rings. The Hall–Kier alpha value is -0.920. The summed E-state index contributed by atoms with van der Waals surface area (Å²) in [5.41, 5.74) is 6.11. The van der Waals surface area contributed by atoms with E-state index in [2.05, 4.69) is 14.9 Å². The van der Waals surface area contributed by atoms with Crippen LogP contribution in [-0.2, 0) is 10.0 Å². The second kappa shape index (κ2) is 5.81. The van der Waals surface area contributed by atoms with E-state index in [0.717, 1.165) is 12.8 Å². The van der Waals surface area contributed by atoms with Gasteiger partial charge in [0, 0.05) is 6.54 Å². The zero-order valence-electron chi connectivity index (χ0n) is 11.2. The molecule has 0 aliphatic carbocycles. The largest absolute Gasteiger partial charge is 0.330 e. The smallest absolute Gasteiger partial charge is 0.243 e. The summed E-state index contributed by atoms with van der Waals surface area (Å²) in [5.74, 6) is 0. The molecule has 18 heavy (non-hydrogen) atoms. The average Bonchev–Trinajstić information content (AvgIpc) is 2.79. The van der Waals surface area contributed by atoms with Gasteiger partial charge in [-0.3, -0.25) is 5.10 Å². The Morgan fingerprint density at radius 3 is 2.44 bits per heavy atom. The summed E-state index contributed by atoms with van der Waals surface area (Å²) in [4.78, 5) is 0.195. The highest BCUT2D eigenvalue weighted by molar-refractivity contribution is 7.89. The highest BCUT2D eigenvalue weighted by atomic mass is 32.2. The van der Waals surface area contributed by atoms with Gasteiger partial charge in [-0.25, -0.2) is 13.1 Å². The van der Waals surface area contributed by atoms with E-state index in [9.17, 15) is 8.42 Å². The van der Waals surface area contributed by atoms with Gasteiger partial charge < -0.3 is 5.73 Å². The third-order valence-electron chi connectivity index (χ3n) is 3.64. The summed E-state index contributed by atoms with van der Waals surface area (Å²) < 4.78 is 26.8. The molecule has 0 saturated heterocycles. The maximum Gasteiger partial charge on any atom is 0.243 e. The first kappa shape index (κ1) is 15.1. The number of nitrogens with zero attached hydrogens (tertiary/aromatic N) is 1. The van der Waals surface area contributed by atoms with E-state index in [1.54, 1.807) is 6.92 Å². The third-order valence-corrected chi connectivity index (χ3v) is 5.16. The van der Waals surface area contributed by atoms with Gasteiger partial charge in [0.05, 0.1) is 11.9 Å². The van der Waals surface area contributed by atoms with E-state index in [-0.39, 0.29) is 10.3 Å². The molecule has 4 N–H and O–H groups in total. The van der Waals surface area contributed by atoms with Crippen LogP contribution in [0.25, 0.3) is 0 Å². The minimum Gasteiger partial charge on any atom is -0.330 e. The number of nitrogens with two attached hydrogens (primary N) is 1. The number of nitrogens with one attached hydrogen (secondary N) is 2. The van der Waals surface area contributed by atoms with Crippen LogP contribution in [0.15, 0.2) is 11.1 Å². The van der Waals surface area contributed by atoms with Crippen molar-refractivity contribution in [3.63, 3.8) is 0 Å². The molecule has 1 heterocycles. The summed E-state index contributed by atoms with van der Waals surface area (Å²) in [6, 6.07) is 0. The summed E-state index contributed by atoms with van der Waals surface area (Å²) in [7, 11) is -3.51. The van der Waals surface area contributed by atoms with Gasteiger partial charge in [-0.15, -0.1) is 0 Å². The van der Waals surface area contributed by atoms with Crippen molar-refractivity contribution in [2.75, 3.05) is 13.1 Å². The minimum atomic E-state index is -3.51. The zero-order chi connectivity index (χ0) is 13.8. The lowest BCUT2D eigenvalue weighted by Crippen LogP contribution is -2.41. The molecule has 7 heteroatoms. The van der Waals surface area contributed by atoms with E-state index < -0.39 is 10.0 Å². The van der Waals surface area contributed by atoms with Gasteiger partial charge in [0.1, 0.15) is 4.90 Å². The molecule has 0 saturated carbocycles. The predicted octanol–water partition coefficient (Wildman–Crippen LogP) is 0.762. The Morgan fingerprint density at radius 1 is 1.44 bits per heavy atom. The lowest BCUT2D eigenvalue weighted by Gasteiger charge is -2.30. The normalized spacial score (nSPS) is 12.9. The summed E-state index contributed by atoms with van der Waals surface area (Å²) in [5, 5.41) is 6.34. The maximum absolute atomic E-state index is 12.1. The highest BCUT2D eigenvalue weighted by Crippen LogP contribution is 2.24. The van der Waals surface area contributed by atoms with Crippen LogP contribution >= 0.6 is 0 Å². The number of rotatable bonds is 7. The van der Waals surface area contributed by atoms with Gasteiger partial charge in [0.25, 0.3) is 0 Å². The fraction of sp³-hybridized carbons (Fsp3) is 0.727. The molecule has 0 spiro atoms. The molecule has 0 atom stereocenters. The van der Waals surface area contributed by atoms with E-state index in [0.29, 0.717) is 18.8 Å². The van der Waals surface area contributed by atoms with Crippen molar-refractivity contribution < 1.29 is 8.42 Å². The Balaban J connectivity index is 2.83. The maximum atomic E-state index is 12.1. The minimum absolute atomic E-state index is 0.176. The van der Waals surface area contributed by atoms with Crippen LogP contribution in [0.2, 0.25) is 0 Å². The predicted molar refractivity (Wildman–Crippen MR) is 70.6 cm³/mol. The van der Waals surface area contributed by atoms with Crippen LogP contribution in [-0.4, -0.2) is 31.7 Å². The molecule has 0 bridgehead atoms. The topological polar surface area (TPSA) is 101 Å². The van der Waals surface area contributed by atoms with Gasteiger partial charge in [0.2, 0.25) is 10.0 Å². The molecule has 0 amide bonds. The summed E-state index contributed by atoms with van der Waals surface area (Å²) in [6.07, 6.45) is 3.00. The molecule has 0 fully saturated rings. The van der Waals surface area contributed by atoms with Crippen molar-refractivity contribution in [2.45, 2.75) is 38.5 Å². The summed E-state index contributed by atoms with van der Waals surface area (Å²) >= 11 is 0. The molecule has 1 aromatic rings. The monoisotopic (exact) mass is 274 g/mol. The molecular formula is C11H22N4O2S. The summed E-state index contributed by atoms with van der Waals surface area (Å²) in [6.45, 7) is 6.54. The van der Waals surface area contributed by atoms with Gasteiger partial charge in [-0.2, -0.15) is 5.10 Å². The molecule has 1 aromatic heterocycles. The number of aromatic nitrogens is 2. The molecular weight excluding hydrogens is 252 g/mol. The fourth-order valence-corrected chi connectivity index (χ4v) is 3.09. The molecule has 0 radical (unpaired) electrons. The SMILES string of the molecule is CCC(CC)(CN)CNS(=O)(=O)c1cn[nH]c1C. The Morgan fingerprint density at radius 2 is 2.06 bits per heavy atom. The Labute approximate surface area is 108 Å².